The lowest BCUT2D eigenvalue weighted by Gasteiger charge is -2.17. The zero-order valence-electron chi connectivity index (χ0n) is 14.0. The Morgan fingerprint density at radius 2 is 2.00 bits per heavy atom. The molecule has 4 heteroatoms. The average molecular weight is 326 g/mol. The maximum Gasteiger partial charge on any atom is 0.231 e. The highest BCUT2D eigenvalue weighted by Crippen LogP contribution is 2.39. The molecule has 0 aromatic heterocycles. The van der Waals surface area contributed by atoms with Gasteiger partial charge in [0.2, 0.25) is 6.79 Å². The summed E-state index contributed by atoms with van der Waals surface area (Å²) in [5.74, 6) is 2.40. The second kappa shape index (κ2) is 6.87. The number of allylic oxidation sites excluding steroid dienone is 1. The van der Waals surface area contributed by atoms with Crippen LogP contribution in [0.25, 0.3) is 0 Å². The second-order valence-corrected chi connectivity index (χ2v) is 6.02. The van der Waals surface area contributed by atoms with Gasteiger partial charge in [-0.2, -0.15) is 0 Å². The third-order valence-corrected chi connectivity index (χ3v) is 4.27. The van der Waals surface area contributed by atoms with Gasteiger partial charge in [-0.25, -0.2) is 0 Å². The van der Waals surface area contributed by atoms with E-state index in [1.54, 1.807) is 7.11 Å². The fraction of sp³-hybridized carbons (Fsp3) is 0.300. The predicted molar refractivity (Wildman–Crippen MR) is 93.2 cm³/mol. The minimum absolute atomic E-state index is 0.129. The summed E-state index contributed by atoms with van der Waals surface area (Å²) in [6, 6.07) is 9.84. The van der Waals surface area contributed by atoms with Crippen LogP contribution >= 0.6 is 0 Å². The topological polar surface area (TPSA) is 47.9 Å². The van der Waals surface area contributed by atoms with Crippen molar-refractivity contribution < 1.29 is 19.3 Å². The van der Waals surface area contributed by atoms with Crippen LogP contribution < -0.4 is 14.2 Å². The van der Waals surface area contributed by atoms with E-state index >= 15 is 0 Å². The summed E-state index contributed by atoms with van der Waals surface area (Å²) in [5, 5.41) is 10.5. The Bertz CT molecular complexity index is 752. The summed E-state index contributed by atoms with van der Waals surface area (Å²) < 4.78 is 16.1. The van der Waals surface area contributed by atoms with Crippen molar-refractivity contribution in [3.63, 3.8) is 0 Å². The van der Waals surface area contributed by atoms with Crippen LogP contribution in [0, 0.1) is 0 Å². The molecule has 1 heterocycles. The van der Waals surface area contributed by atoms with Gasteiger partial charge in [0, 0.05) is 5.56 Å². The van der Waals surface area contributed by atoms with Crippen molar-refractivity contribution in [2.45, 2.75) is 25.7 Å². The number of rotatable bonds is 6. The van der Waals surface area contributed by atoms with Crippen molar-refractivity contribution in [2.75, 3.05) is 13.9 Å². The molecule has 1 aliphatic rings. The summed E-state index contributed by atoms with van der Waals surface area (Å²) in [4.78, 5) is 0. The van der Waals surface area contributed by atoms with Crippen molar-refractivity contribution in [1.82, 2.24) is 0 Å². The van der Waals surface area contributed by atoms with Crippen LogP contribution in [0.4, 0.5) is 0 Å². The summed E-state index contributed by atoms with van der Waals surface area (Å²) in [6.45, 7) is 6.15. The number of hydrogen-bond donors (Lipinski definition) is 1. The van der Waals surface area contributed by atoms with Gasteiger partial charge in [-0.1, -0.05) is 25.1 Å². The van der Waals surface area contributed by atoms with Gasteiger partial charge in [-0.05, 0) is 48.1 Å². The quantitative estimate of drug-likeness (QED) is 0.808. The van der Waals surface area contributed by atoms with E-state index in [9.17, 15) is 5.11 Å². The molecule has 0 radical (unpaired) electrons. The van der Waals surface area contributed by atoms with Crippen molar-refractivity contribution >= 4 is 0 Å². The molecule has 4 nitrogen and oxygen atoms in total. The van der Waals surface area contributed by atoms with Crippen LogP contribution in [0.3, 0.4) is 0 Å². The molecular formula is C20H22O4. The third-order valence-electron chi connectivity index (χ3n) is 4.27. The van der Waals surface area contributed by atoms with E-state index in [1.165, 1.54) is 0 Å². The molecule has 0 amide bonds. The van der Waals surface area contributed by atoms with Crippen molar-refractivity contribution in [1.29, 1.82) is 0 Å². The Balaban J connectivity index is 1.87. The van der Waals surface area contributed by atoms with Gasteiger partial charge in [0.1, 0.15) is 0 Å². The summed E-state index contributed by atoms with van der Waals surface area (Å²) in [5.41, 5.74) is 3.09. The van der Waals surface area contributed by atoms with Gasteiger partial charge in [0.25, 0.3) is 0 Å². The van der Waals surface area contributed by atoms with Gasteiger partial charge >= 0.3 is 0 Å². The minimum atomic E-state index is 0.129. The number of benzene rings is 2. The Morgan fingerprint density at radius 1 is 1.21 bits per heavy atom. The minimum Gasteiger partial charge on any atom is -0.504 e. The lowest BCUT2D eigenvalue weighted by molar-refractivity contribution is 0.174. The van der Waals surface area contributed by atoms with Crippen LogP contribution in [-0.4, -0.2) is 19.0 Å². The van der Waals surface area contributed by atoms with E-state index in [4.69, 9.17) is 14.2 Å². The van der Waals surface area contributed by atoms with Crippen molar-refractivity contribution in [2.24, 2.45) is 0 Å². The average Bonchev–Trinajstić information content (AvgIpc) is 3.04. The first-order valence-corrected chi connectivity index (χ1v) is 8.01. The van der Waals surface area contributed by atoms with Crippen LogP contribution in [0.5, 0.6) is 23.0 Å². The Hall–Kier alpha value is -2.62. The number of hydrogen-bond acceptors (Lipinski definition) is 4. The standard InChI is InChI=1S/C20H22O4/c1-4-5-14-9-16(20(21)19(11-14)22-3)13(2)8-15-6-7-17-18(10-15)24-12-23-17/h4,6-7,9-11,13,21H,1,5,8,12H2,2-3H3. The molecular weight excluding hydrogens is 304 g/mol. The molecule has 2 aromatic carbocycles. The third kappa shape index (κ3) is 3.18. The monoisotopic (exact) mass is 326 g/mol. The predicted octanol–water partition coefficient (Wildman–Crippen LogP) is 4.20. The second-order valence-electron chi connectivity index (χ2n) is 6.02. The molecule has 2 aromatic rings. The Kier molecular flexibility index (Phi) is 4.65. The number of ether oxygens (including phenoxy) is 3. The summed E-state index contributed by atoms with van der Waals surface area (Å²) in [7, 11) is 1.57. The van der Waals surface area contributed by atoms with E-state index < -0.39 is 0 Å². The fourth-order valence-corrected chi connectivity index (χ4v) is 3.04. The maximum atomic E-state index is 10.5. The lowest BCUT2D eigenvalue weighted by atomic mass is 9.91. The molecule has 1 aliphatic heterocycles. The highest BCUT2D eigenvalue weighted by Gasteiger charge is 2.18. The molecule has 1 atom stereocenters. The van der Waals surface area contributed by atoms with E-state index in [-0.39, 0.29) is 18.5 Å². The summed E-state index contributed by atoms with van der Waals surface area (Å²) >= 11 is 0. The van der Waals surface area contributed by atoms with Crippen LogP contribution in [0.1, 0.15) is 29.5 Å². The first-order valence-electron chi connectivity index (χ1n) is 8.01. The molecule has 3 rings (SSSR count). The first-order chi connectivity index (χ1) is 11.6. The molecule has 0 fully saturated rings. The Morgan fingerprint density at radius 3 is 2.75 bits per heavy atom. The molecule has 0 saturated heterocycles. The number of methoxy groups -OCH3 is 1. The highest BCUT2D eigenvalue weighted by molar-refractivity contribution is 5.51. The maximum absolute atomic E-state index is 10.5. The lowest BCUT2D eigenvalue weighted by Crippen LogP contribution is -2.02. The molecule has 24 heavy (non-hydrogen) atoms. The molecule has 1 unspecified atom stereocenters. The van der Waals surface area contributed by atoms with E-state index in [0.717, 1.165) is 41.0 Å². The number of phenolic OH excluding ortho intramolecular Hbond substituents is 1. The molecule has 0 spiro atoms. The largest absolute Gasteiger partial charge is 0.504 e. The van der Waals surface area contributed by atoms with Crippen molar-refractivity contribution in [3.05, 3.63) is 59.7 Å². The molecule has 126 valence electrons. The van der Waals surface area contributed by atoms with Crippen LogP contribution in [-0.2, 0) is 12.8 Å². The van der Waals surface area contributed by atoms with Gasteiger partial charge in [0.05, 0.1) is 7.11 Å². The number of phenols is 1. The van der Waals surface area contributed by atoms with E-state index in [0.29, 0.717) is 5.75 Å². The zero-order valence-corrected chi connectivity index (χ0v) is 14.0. The van der Waals surface area contributed by atoms with Gasteiger partial charge in [-0.3, -0.25) is 0 Å². The van der Waals surface area contributed by atoms with E-state index in [1.807, 2.05) is 36.4 Å². The van der Waals surface area contributed by atoms with Gasteiger partial charge < -0.3 is 19.3 Å². The molecule has 0 saturated carbocycles. The molecule has 1 N–H and O–H groups in total. The van der Waals surface area contributed by atoms with Gasteiger partial charge in [0.15, 0.2) is 23.0 Å². The van der Waals surface area contributed by atoms with Crippen molar-refractivity contribution in [3.8, 4) is 23.0 Å². The van der Waals surface area contributed by atoms with Crippen LogP contribution in [0.2, 0.25) is 0 Å². The van der Waals surface area contributed by atoms with E-state index in [2.05, 4.69) is 13.5 Å². The van der Waals surface area contributed by atoms with Gasteiger partial charge in [-0.15, -0.1) is 6.58 Å². The molecule has 0 bridgehead atoms. The number of fused-ring (bicyclic) bond motifs is 1. The first kappa shape index (κ1) is 16.2. The molecule has 0 aliphatic carbocycles. The number of aromatic hydroxyl groups is 1. The highest BCUT2D eigenvalue weighted by atomic mass is 16.7. The fourth-order valence-electron chi connectivity index (χ4n) is 3.04. The van der Waals surface area contributed by atoms with Crippen LogP contribution in [0.15, 0.2) is 43.0 Å². The Labute approximate surface area is 142 Å². The smallest absolute Gasteiger partial charge is 0.231 e. The normalized spacial score (nSPS) is 13.6. The zero-order chi connectivity index (χ0) is 17.1. The SMILES string of the molecule is C=CCc1cc(OC)c(O)c(C(C)Cc2ccc3c(c2)OCO3)c1. The summed E-state index contributed by atoms with van der Waals surface area (Å²) in [6.07, 6.45) is 3.36.